The predicted molar refractivity (Wildman–Crippen MR) is 42.3 cm³/mol. The average Bonchev–Trinajstić information content (AvgIpc) is 1.93. The van der Waals surface area contributed by atoms with Gasteiger partial charge in [-0.25, -0.2) is 4.79 Å². The van der Waals surface area contributed by atoms with Crippen LogP contribution in [-0.2, 0) is 0 Å². The van der Waals surface area contributed by atoms with Crippen LogP contribution in [0, 0.1) is 0 Å². The molecule has 1 aromatic carbocycles. The number of carbonyl (C=O) groups is 1. The number of carboxylic acid groups (broad SMARTS) is 1. The van der Waals surface area contributed by atoms with Crippen LogP contribution in [0.1, 0.15) is 0 Å². The molecule has 0 aromatic heterocycles. The van der Waals surface area contributed by atoms with E-state index in [9.17, 15) is 4.79 Å². The molecule has 0 unspecified atom stereocenters. The minimum absolute atomic E-state index is 0.253. The Kier molecular flexibility index (Phi) is 2.38. The lowest BCUT2D eigenvalue weighted by molar-refractivity contribution is 0.143. The van der Waals surface area contributed by atoms with Gasteiger partial charge in [0.1, 0.15) is 5.75 Å². The Morgan fingerprint density at radius 2 is 2.09 bits per heavy atom. The largest absolute Gasteiger partial charge is 0.511 e. The van der Waals surface area contributed by atoms with Crippen LogP contribution in [0.15, 0.2) is 29.2 Å². The van der Waals surface area contributed by atoms with E-state index in [4.69, 9.17) is 5.11 Å². The van der Waals surface area contributed by atoms with Gasteiger partial charge >= 0.3 is 6.16 Å². The molecule has 1 aromatic rings. The maximum absolute atomic E-state index is 10.1. The molecule has 3 nitrogen and oxygen atoms in total. The van der Waals surface area contributed by atoms with E-state index in [1.807, 2.05) is 0 Å². The smallest absolute Gasteiger partial charge is 0.449 e. The van der Waals surface area contributed by atoms with Gasteiger partial charge in [0.15, 0.2) is 0 Å². The summed E-state index contributed by atoms with van der Waals surface area (Å²) in [6, 6.07) is 6.62. The van der Waals surface area contributed by atoms with Crippen LogP contribution in [0.25, 0.3) is 0 Å². The first-order valence-corrected chi connectivity index (χ1v) is 3.33. The molecule has 0 saturated heterocycles. The van der Waals surface area contributed by atoms with Crippen LogP contribution >= 0.6 is 12.6 Å². The fourth-order valence-electron chi connectivity index (χ4n) is 0.638. The van der Waals surface area contributed by atoms with E-state index in [-0.39, 0.29) is 5.75 Å². The Morgan fingerprint density at radius 1 is 1.45 bits per heavy atom. The summed E-state index contributed by atoms with van der Waals surface area (Å²) in [7, 11) is 0. The van der Waals surface area contributed by atoms with Crippen LogP contribution in [0.5, 0.6) is 5.75 Å². The second kappa shape index (κ2) is 3.30. The molecule has 0 saturated carbocycles. The maximum atomic E-state index is 10.1. The minimum Gasteiger partial charge on any atom is -0.449 e. The van der Waals surface area contributed by atoms with E-state index in [0.717, 1.165) is 0 Å². The Balaban J connectivity index is 2.86. The molecule has 0 aliphatic rings. The zero-order valence-corrected chi connectivity index (χ0v) is 6.41. The number of rotatable bonds is 1. The van der Waals surface area contributed by atoms with Gasteiger partial charge in [0.2, 0.25) is 0 Å². The highest BCUT2D eigenvalue weighted by Gasteiger charge is 2.02. The molecule has 0 atom stereocenters. The second-order valence-corrected chi connectivity index (χ2v) is 2.32. The second-order valence-electron chi connectivity index (χ2n) is 1.84. The number of thiol groups is 1. The number of hydrogen-bond acceptors (Lipinski definition) is 3. The van der Waals surface area contributed by atoms with Gasteiger partial charge in [-0.3, -0.25) is 0 Å². The Hall–Kier alpha value is -1.16. The highest BCUT2D eigenvalue weighted by Crippen LogP contribution is 2.20. The molecule has 0 heterocycles. The molecule has 0 radical (unpaired) electrons. The predicted octanol–water partition coefficient (Wildman–Crippen LogP) is 2.03. The third kappa shape index (κ3) is 2.16. The van der Waals surface area contributed by atoms with Crippen LogP contribution in [0.2, 0.25) is 0 Å². The van der Waals surface area contributed by atoms with E-state index >= 15 is 0 Å². The van der Waals surface area contributed by atoms with E-state index in [2.05, 4.69) is 17.4 Å². The summed E-state index contributed by atoms with van der Waals surface area (Å²) in [4.78, 5) is 10.6. The summed E-state index contributed by atoms with van der Waals surface area (Å²) in [5.41, 5.74) is 0. The first-order valence-electron chi connectivity index (χ1n) is 2.89. The lowest BCUT2D eigenvalue weighted by Crippen LogP contribution is -2.03. The Bertz CT molecular complexity index is 272. The maximum Gasteiger partial charge on any atom is 0.511 e. The van der Waals surface area contributed by atoms with E-state index in [1.165, 1.54) is 6.07 Å². The van der Waals surface area contributed by atoms with Crippen molar-refractivity contribution in [1.82, 2.24) is 0 Å². The standard InChI is InChI=1S/C7H6O3S/c8-7(9)10-5-3-1-2-4-6(5)11/h1-4,11H,(H,8,9). The first-order chi connectivity index (χ1) is 5.20. The molecule has 58 valence electrons. The lowest BCUT2D eigenvalue weighted by Gasteiger charge is -2.00. The molecule has 0 amide bonds. The van der Waals surface area contributed by atoms with E-state index in [0.29, 0.717) is 4.90 Å². The van der Waals surface area contributed by atoms with Crippen molar-refractivity contribution in [2.75, 3.05) is 0 Å². The SMILES string of the molecule is O=C(O)Oc1ccccc1S. The van der Waals surface area contributed by atoms with Gasteiger partial charge < -0.3 is 9.84 Å². The van der Waals surface area contributed by atoms with Crippen LogP contribution in [0.3, 0.4) is 0 Å². The molecule has 0 aliphatic carbocycles. The highest BCUT2D eigenvalue weighted by molar-refractivity contribution is 7.80. The van der Waals surface area contributed by atoms with Gasteiger partial charge in [0.25, 0.3) is 0 Å². The lowest BCUT2D eigenvalue weighted by atomic mass is 10.3. The number of para-hydroxylation sites is 1. The summed E-state index contributed by atoms with van der Waals surface area (Å²) in [5, 5.41) is 8.24. The van der Waals surface area contributed by atoms with Crippen LogP contribution in [0.4, 0.5) is 4.79 Å². The normalized spacial score (nSPS) is 9.18. The Morgan fingerprint density at radius 3 is 2.64 bits per heavy atom. The summed E-state index contributed by atoms with van der Waals surface area (Å²) < 4.78 is 4.39. The summed E-state index contributed by atoms with van der Waals surface area (Å²) in [6.07, 6.45) is -1.33. The molecular formula is C7H6O3S. The quantitative estimate of drug-likeness (QED) is 0.385. The topological polar surface area (TPSA) is 46.5 Å². The third-order valence-electron chi connectivity index (χ3n) is 1.06. The van der Waals surface area contributed by atoms with Crippen LogP contribution in [-0.4, -0.2) is 11.3 Å². The first kappa shape index (κ1) is 7.94. The van der Waals surface area contributed by atoms with Gasteiger partial charge in [-0.15, -0.1) is 12.6 Å². The number of ether oxygens (including phenoxy) is 1. The molecular weight excluding hydrogens is 164 g/mol. The Labute approximate surface area is 69.0 Å². The van der Waals surface area contributed by atoms with Crippen LogP contribution < -0.4 is 4.74 Å². The molecule has 0 aliphatic heterocycles. The highest BCUT2D eigenvalue weighted by atomic mass is 32.1. The molecule has 4 heteroatoms. The van der Waals surface area contributed by atoms with Crippen molar-refractivity contribution in [1.29, 1.82) is 0 Å². The number of hydrogen-bond donors (Lipinski definition) is 2. The van der Waals surface area contributed by atoms with Gasteiger partial charge in [-0.2, -0.15) is 0 Å². The summed E-state index contributed by atoms with van der Waals surface area (Å²) >= 11 is 3.98. The van der Waals surface area contributed by atoms with Gasteiger partial charge in [-0.05, 0) is 12.1 Å². The summed E-state index contributed by atoms with van der Waals surface area (Å²) in [6.45, 7) is 0. The zero-order valence-electron chi connectivity index (χ0n) is 5.52. The molecule has 11 heavy (non-hydrogen) atoms. The van der Waals surface area contributed by atoms with E-state index < -0.39 is 6.16 Å². The van der Waals surface area contributed by atoms with Crippen molar-refractivity contribution >= 4 is 18.8 Å². The fraction of sp³-hybridized carbons (Fsp3) is 0. The van der Waals surface area contributed by atoms with Gasteiger partial charge in [0, 0.05) is 4.90 Å². The molecule has 1 N–H and O–H groups in total. The van der Waals surface area contributed by atoms with Crippen molar-refractivity contribution < 1.29 is 14.6 Å². The fourth-order valence-corrected chi connectivity index (χ4v) is 0.844. The molecule has 0 fully saturated rings. The summed E-state index contributed by atoms with van der Waals surface area (Å²) in [5.74, 6) is 0.253. The minimum atomic E-state index is -1.33. The van der Waals surface area contributed by atoms with Crippen molar-refractivity contribution in [3.8, 4) is 5.75 Å². The van der Waals surface area contributed by atoms with E-state index in [1.54, 1.807) is 18.2 Å². The molecule has 0 spiro atoms. The zero-order chi connectivity index (χ0) is 8.27. The third-order valence-corrected chi connectivity index (χ3v) is 1.43. The van der Waals surface area contributed by atoms with Gasteiger partial charge in [-0.1, -0.05) is 12.1 Å². The monoisotopic (exact) mass is 170 g/mol. The van der Waals surface area contributed by atoms with Gasteiger partial charge in [0.05, 0.1) is 0 Å². The van der Waals surface area contributed by atoms with Crippen molar-refractivity contribution in [2.24, 2.45) is 0 Å². The number of benzene rings is 1. The van der Waals surface area contributed by atoms with Crippen molar-refractivity contribution in [3.05, 3.63) is 24.3 Å². The molecule has 0 bridgehead atoms. The average molecular weight is 170 g/mol. The van der Waals surface area contributed by atoms with Crippen molar-refractivity contribution in [2.45, 2.75) is 4.90 Å². The van der Waals surface area contributed by atoms with Crippen molar-refractivity contribution in [3.63, 3.8) is 0 Å². The molecule has 1 rings (SSSR count).